The molecule has 1 aromatic rings. The minimum Gasteiger partial charge on any atom is -0.489 e. The molecule has 0 unspecified atom stereocenters. The van der Waals surface area contributed by atoms with Crippen molar-refractivity contribution in [3.63, 3.8) is 0 Å². The van der Waals surface area contributed by atoms with E-state index in [0.717, 1.165) is 5.69 Å². The van der Waals surface area contributed by atoms with Gasteiger partial charge < -0.3 is 21.1 Å². The van der Waals surface area contributed by atoms with Gasteiger partial charge in [0.2, 0.25) is 5.91 Å². The van der Waals surface area contributed by atoms with Gasteiger partial charge in [-0.15, -0.1) is 0 Å². The molecule has 1 aromatic carbocycles. The van der Waals surface area contributed by atoms with Crippen LogP contribution in [0.5, 0.6) is 5.75 Å². The normalized spacial score (nSPS) is 10.7. The summed E-state index contributed by atoms with van der Waals surface area (Å²) >= 11 is 0. The van der Waals surface area contributed by atoms with Crippen LogP contribution in [0, 0.1) is 0 Å². The molecular weight excluding hydrogens is 254 g/mol. The largest absolute Gasteiger partial charge is 0.489 e. The van der Waals surface area contributed by atoms with Crippen LogP contribution in [-0.4, -0.2) is 24.6 Å². The molecule has 1 amide bonds. The van der Waals surface area contributed by atoms with Crippen LogP contribution in [0.15, 0.2) is 18.2 Å². The Balaban J connectivity index is 2.54. The van der Waals surface area contributed by atoms with Crippen LogP contribution in [-0.2, 0) is 4.79 Å². The Labute approximate surface area is 120 Å². The summed E-state index contributed by atoms with van der Waals surface area (Å²) < 4.78 is 5.62. The smallest absolute Gasteiger partial charge is 0.221 e. The van der Waals surface area contributed by atoms with Gasteiger partial charge >= 0.3 is 0 Å². The van der Waals surface area contributed by atoms with Gasteiger partial charge in [-0.05, 0) is 39.8 Å². The van der Waals surface area contributed by atoms with Crippen LogP contribution < -0.4 is 21.1 Å². The Kier molecular flexibility index (Phi) is 6.15. The third-order valence-electron chi connectivity index (χ3n) is 2.55. The second-order valence-corrected chi connectivity index (χ2v) is 5.28. The van der Waals surface area contributed by atoms with Gasteiger partial charge in [0.05, 0.1) is 17.5 Å². The zero-order chi connectivity index (χ0) is 15.1. The highest BCUT2D eigenvalue weighted by Gasteiger charge is 2.08. The molecule has 0 aliphatic heterocycles. The average Bonchev–Trinajstić information content (AvgIpc) is 2.32. The van der Waals surface area contributed by atoms with Gasteiger partial charge in [-0.25, -0.2) is 0 Å². The fourth-order valence-electron chi connectivity index (χ4n) is 1.76. The molecule has 5 nitrogen and oxygen atoms in total. The standard InChI is InChI=1S/C15H25N3O2/c1-10(2)18-14(19)8-9-17-12-6-5-7-13(15(12)16)20-11(3)4/h5-7,10-11,17H,8-9,16H2,1-4H3,(H,18,19). The third-order valence-corrected chi connectivity index (χ3v) is 2.55. The van der Waals surface area contributed by atoms with E-state index >= 15 is 0 Å². The Bertz CT molecular complexity index is 445. The third kappa shape index (κ3) is 5.38. The zero-order valence-corrected chi connectivity index (χ0v) is 12.7. The van der Waals surface area contributed by atoms with E-state index in [9.17, 15) is 4.79 Å². The summed E-state index contributed by atoms with van der Waals surface area (Å²) in [5.41, 5.74) is 7.41. The molecule has 4 N–H and O–H groups in total. The van der Waals surface area contributed by atoms with Gasteiger partial charge in [0.25, 0.3) is 0 Å². The Morgan fingerprint density at radius 2 is 2.00 bits per heavy atom. The van der Waals surface area contributed by atoms with Gasteiger partial charge in [-0.2, -0.15) is 0 Å². The van der Waals surface area contributed by atoms with Crippen molar-refractivity contribution in [3.8, 4) is 5.75 Å². The van der Waals surface area contributed by atoms with E-state index in [-0.39, 0.29) is 18.1 Å². The van der Waals surface area contributed by atoms with Gasteiger partial charge in [0.15, 0.2) is 0 Å². The Morgan fingerprint density at radius 3 is 2.60 bits per heavy atom. The molecule has 0 aliphatic rings. The Hall–Kier alpha value is -1.91. The number of hydrogen-bond acceptors (Lipinski definition) is 4. The number of para-hydroxylation sites is 1. The fourth-order valence-corrected chi connectivity index (χ4v) is 1.76. The van der Waals surface area contributed by atoms with Crippen LogP contribution in [0.25, 0.3) is 0 Å². The SMILES string of the molecule is CC(C)NC(=O)CCNc1cccc(OC(C)C)c1N. The van der Waals surface area contributed by atoms with E-state index in [4.69, 9.17) is 10.5 Å². The number of carbonyl (C=O) groups is 1. The molecule has 0 bridgehead atoms. The molecule has 0 heterocycles. The predicted octanol–water partition coefficient (Wildman–Crippen LogP) is 2.38. The number of benzene rings is 1. The van der Waals surface area contributed by atoms with E-state index in [2.05, 4.69) is 10.6 Å². The second-order valence-electron chi connectivity index (χ2n) is 5.28. The molecule has 0 atom stereocenters. The first-order valence-electron chi connectivity index (χ1n) is 6.98. The van der Waals surface area contributed by atoms with Crippen molar-refractivity contribution in [3.05, 3.63) is 18.2 Å². The summed E-state index contributed by atoms with van der Waals surface area (Å²) in [6.45, 7) is 8.32. The van der Waals surface area contributed by atoms with Crippen LogP contribution in [0.3, 0.4) is 0 Å². The van der Waals surface area contributed by atoms with E-state index < -0.39 is 0 Å². The van der Waals surface area contributed by atoms with Gasteiger partial charge in [-0.3, -0.25) is 4.79 Å². The van der Waals surface area contributed by atoms with E-state index in [0.29, 0.717) is 24.4 Å². The average molecular weight is 279 g/mol. The summed E-state index contributed by atoms with van der Waals surface area (Å²) in [5.74, 6) is 0.692. The second kappa shape index (κ2) is 7.62. The number of hydrogen-bond donors (Lipinski definition) is 3. The number of ether oxygens (including phenoxy) is 1. The van der Waals surface area contributed by atoms with Crippen LogP contribution in [0.2, 0.25) is 0 Å². The molecule has 0 aliphatic carbocycles. The summed E-state index contributed by atoms with van der Waals surface area (Å²) in [7, 11) is 0. The van der Waals surface area contributed by atoms with Crippen molar-refractivity contribution in [2.75, 3.05) is 17.6 Å². The van der Waals surface area contributed by atoms with Crippen molar-refractivity contribution in [2.24, 2.45) is 0 Å². The number of nitrogens with two attached hydrogens (primary N) is 1. The minimum absolute atomic E-state index is 0.0284. The van der Waals surface area contributed by atoms with Gasteiger partial charge in [-0.1, -0.05) is 6.07 Å². The molecule has 5 heteroatoms. The molecule has 0 spiro atoms. The van der Waals surface area contributed by atoms with Gasteiger partial charge in [0.1, 0.15) is 5.75 Å². The van der Waals surface area contributed by atoms with Crippen LogP contribution in [0.1, 0.15) is 34.1 Å². The number of amides is 1. The van der Waals surface area contributed by atoms with E-state index in [1.807, 2.05) is 45.9 Å². The highest BCUT2D eigenvalue weighted by atomic mass is 16.5. The number of rotatable bonds is 7. The minimum atomic E-state index is 0.0284. The van der Waals surface area contributed by atoms with Crippen molar-refractivity contribution in [2.45, 2.75) is 46.3 Å². The van der Waals surface area contributed by atoms with E-state index in [1.165, 1.54) is 0 Å². The molecule has 0 saturated carbocycles. The maximum Gasteiger partial charge on any atom is 0.221 e. The van der Waals surface area contributed by atoms with Crippen molar-refractivity contribution in [1.82, 2.24) is 5.32 Å². The first-order valence-corrected chi connectivity index (χ1v) is 6.98. The molecular formula is C15H25N3O2. The lowest BCUT2D eigenvalue weighted by atomic mass is 10.2. The van der Waals surface area contributed by atoms with Crippen molar-refractivity contribution in [1.29, 1.82) is 0 Å². The number of nitrogen functional groups attached to an aromatic ring is 1. The number of nitrogens with one attached hydrogen (secondary N) is 2. The molecule has 0 saturated heterocycles. The number of anilines is 2. The lowest BCUT2D eigenvalue weighted by Crippen LogP contribution is -2.31. The molecule has 1 rings (SSSR count). The molecule has 0 aromatic heterocycles. The highest BCUT2D eigenvalue weighted by molar-refractivity contribution is 5.77. The monoisotopic (exact) mass is 279 g/mol. The first kappa shape index (κ1) is 16.1. The van der Waals surface area contributed by atoms with Crippen LogP contribution >= 0.6 is 0 Å². The zero-order valence-electron chi connectivity index (χ0n) is 12.7. The van der Waals surface area contributed by atoms with Crippen LogP contribution in [0.4, 0.5) is 11.4 Å². The molecule has 0 fully saturated rings. The summed E-state index contributed by atoms with van der Waals surface area (Å²) in [4.78, 5) is 11.5. The van der Waals surface area contributed by atoms with Gasteiger partial charge in [0, 0.05) is 19.0 Å². The summed E-state index contributed by atoms with van der Waals surface area (Å²) in [6.07, 6.45) is 0.483. The van der Waals surface area contributed by atoms with Crippen molar-refractivity contribution < 1.29 is 9.53 Å². The highest BCUT2D eigenvalue weighted by Crippen LogP contribution is 2.29. The quantitative estimate of drug-likeness (QED) is 0.670. The molecule has 112 valence electrons. The first-order chi connectivity index (χ1) is 9.40. The lowest BCUT2D eigenvalue weighted by molar-refractivity contribution is -0.121. The maximum atomic E-state index is 11.5. The maximum absolute atomic E-state index is 11.5. The molecule has 0 radical (unpaired) electrons. The fraction of sp³-hybridized carbons (Fsp3) is 0.533. The predicted molar refractivity (Wildman–Crippen MR) is 83.0 cm³/mol. The topological polar surface area (TPSA) is 76.4 Å². The number of carbonyl (C=O) groups excluding carboxylic acids is 1. The van der Waals surface area contributed by atoms with E-state index in [1.54, 1.807) is 0 Å². The van der Waals surface area contributed by atoms with Crippen molar-refractivity contribution >= 4 is 17.3 Å². The Morgan fingerprint density at radius 1 is 1.30 bits per heavy atom. The summed E-state index contributed by atoms with van der Waals surface area (Å²) in [6, 6.07) is 5.76. The molecule has 20 heavy (non-hydrogen) atoms. The lowest BCUT2D eigenvalue weighted by Gasteiger charge is -2.16. The summed E-state index contributed by atoms with van der Waals surface area (Å²) in [5, 5.41) is 6.01.